The van der Waals surface area contributed by atoms with Crippen molar-refractivity contribution >= 4 is 11.6 Å². The number of nitro groups is 1. The Bertz CT molecular complexity index is 500. The van der Waals surface area contributed by atoms with Gasteiger partial charge in [0.2, 0.25) is 0 Å². The van der Waals surface area contributed by atoms with Crippen molar-refractivity contribution < 1.29 is 14.8 Å². The van der Waals surface area contributed by atoms with E-state index in [1.165, 1.54) is 18.2 Å². The molecule has 20 heavy (non-hydrogen) atoms. The Morgan fingerprint density at radius 1 is 1.45 bits per heavy atom. The molecule has 0 saturated heterocycles. The summed E-state index contributed by atoms with van der Waals surface area (Å²) >= 11 is 0. The molecule has 1 N–H and O–H groups in total. The van der Waals surface area contributed by atoms with Crippen molar-refractivity contribution in [3.8, 4) is 0 Å². The molecule has 1 rings (SSSR count). The van der Waals surface area contributed by atoms with Crippen molar-refractivity contribution in [2.45, 2.75) is 33.2 Å². The standard InChI is InChI=1S/C14H20N2O4/c1-10(2)15(7-4-8-17)14(18)13-6-5-12(16(19)20)9-11(13)3/h5-6,9-10,17H,4,7-8H2,1-3H3. The number of rotatable bonds is 6. The number of benzene rings is 1. The van der Waals surface area contributed by atoms with E-state index in [-0.39, 0.29) is 24.2 Å². The number of nitrogens with zero attached hydrogens (tertiary/aromatic N) is 2. The topological polar surface area (TPSA) is 83.7 Å². The van der Waals surface area contributed by atoms with Gasteiger partial charge in [0, 0.05) is 36.9 Å². The predicted molar refractivity (Wildman–Crippen MR) is 75.7 cm³/mol. The van der Waals surface area contributed by atoms with E-state index in [9.17, 15) is 14.9 Å². The van der Waals surface area contributed by atoms with Crippen LogP contribution in [0, 0.1) is 17.0 Å². The molecule has 0 aliphatic carbocycles. The Hall–Kier alpha value is -1.95. The average Bonchev–Trinajstić information content (AvgIpc) is 2.38. The van der Waals surface area contributed by atoms with E-state index in [1.807, 2.05) is 13.8 Å². The maximum atomic E-state index is 12.5. The van der Waals surface area contributed by atoms with E-state index in [1.54, 1.807) is 11.8 Å². The summed E-state index contributed by atoms with van der Waals surface area (Å²) in [7, 11) is 0. The fraction of sp³-hybridized carbons (Fsp3) is 0.500. The van der Waals surface area contributed by atoms with Crippen molar-refractivity contribution in [1.29, 1.82) is 0 Å². The highest BCUT2D eigenvalue weighted by atomic mass is 16.6. The fourth-order valence-corrected chi connectivity index (χ4v) is 1.99. The number of nitro benzene ring substituents is 1. The maximum Gasteiger partial charge on any atom is 0.269 e. The monoisotopic (exact) mass is 280 g/mol. The zero-order valence-corrected chi connectivity index (χ0v) is 12.0. The summed E-state index contributed by atoms with van der Waals surface area (Å²) in [5, 5.41) is 19.6. The summed E-state index contributed by atoms with van der Waals surface area (Å²) in [4.78, 5) is 24.3. The molecule has 0 saturated carbocycles. The van der Waals surface area contributed by atoms with E-state index in [0.717, 1.165) is 0 Å². The lowest BCUT2D eigenvalue weighted by Crippen LogP contribution is -2.38. The first-order chi connectivity index (χ1) is 9.38. The zero-order chi connectivity index (χ0) is 15.3. The Morgan fingerprint density at radius 2 is 2.10 bits per heavy atom. The van der Waals surface area contributed by atoms with Crippen molar-refractivity contribution in [1.82, 2.24) is 4.90 Å². The minimum Gasteiger partial charge on any atom is -0.396 e. The van der Waals surface area contributed by atoms with Crippen LogP contribution < -0.4 is 0 Å². The molecule has 0 spiro atoms. The zero-order valence-electron chi connectivity index (χ0n) is 12.0. The van der Waals surface area contributed by atoms with Gasteiger partial charge in [-0.05, 0) is 38.8 Å². The Morgan fingerprint density at radius 3 is 2.55 bits per heavy atom. The summed E-state index contributed by atoms with van der Waals surface area (Å²) in [5.74, 6) is -0.166. The first kappa shape index (κ1) is 16.1. The second kappa shape index (κ2) is 7.00. The van der Waals surface area contributed by atoms with Crippen LogP contribution in [0.3, 0.4) is 0 Å². The number of hydrogen-bond acceptors (Lipinski definition) is 4. The molecule has 0 aliphatic heterocycles. The first-order valence-electron chi connectivity index (χ1n) is 6.55. The molecular formula is C14H20N2O4. The van der Waals surface area contributed by atoms with Crippen LogP contribution in [0.5, 0.6) is 0 Å². The molecule has 1 aromatic carbocycles. The quantitative estimate of drug-likeness (QED) is 0.639. The van der Waals surface area contributed by atoms with Gasteiger partial charge in [0.1, 0.15) is 0 Å². The molecule has 0 heterocycles. The lowest BCUT2D eigenvalue weighted by atomic mass is 10.1. The number of aliphatic hydroxyl groups is 1. The predicted octanol–water partition coefficient (Wildman–Crippen LogP) is 2.14. The molecule has 110 valence electrons. The second-order valence-electron chi connectivity index (χ2n) is 4.93. The summed E-state index contributed by atoms with van der Waals surface area (Å²) in [5.41, 5.74) is 1.02. The van der Waals surface area contributed by atoms with Crippen molar-refractivity contribution in [2.24, 2.45) is 0 Å². The molecule has 0 unspecified atom stereocenters. The molecule has 0 aromatic heterocycles. The fourth-order valence-electron chi connectivity index (χ4n) is 1.99. The van der Waals surface area contributed by atoms with Gasteiger partial charge in [0.15, 0.2) is 0 Å². The number of non-ortho nitro benzene ring substituents is 1. The SMILES string of the molecule is Cc1cc([N+](=O)[O-])ccc1C(=O)N(CCCO)C(C)C. The normalized spacial score (nSPS) is 10.7. The smallest absolute Gasteiger partial charge is 0.269 e. The van der Waals surface area contributed by atoms with Gasteiger partial charge >= 0.3 is 0 Å². The maximum absolute atomic E-state index is 12.5. The minimum absolute atomic E-state index is 0.00337. The average molecular weight is 280 g/mol. The number of aryl methyl sites for hydroxylation is 1. The molecule has 1 amide bonds. The number of carbonyl (C=O) groups excluding carboxylic acids is 1. The van der Waals surface area contributed by atoms with E-state index in [4.69, 9.17) is 5.11 Å². The summed E-state index contributed by atoms with van der Waals surface area (Å²) < 4.78 is 0. The number of carbonyl (C=O) groups is 1. The molecular weight excluding hydrogens is 260 g/mol. The summed E-state index contributed by atoms with van der Waals surface area (Å²) in [6, 6.07) is 4.23. The molecule has 6 nitrogen and oxygen atoms in total. The third kappa shape index (κ3) is 3.77. The van der Waals surface area contributed by atoms with Crippen LogP contribution in [-0.4, -0.2) is 40.0 Å². The molecule has 0 fully saturated rings. The Labute approximate surface area is 118 Å². The van der Waals surface area contributed by atoms with Gasteiger partial charge < -0.3 is 10.0 Å². The lowest BCUT2D eigenvalue weighted by Gasteiger charge is -2.27. The van der Waals surface area contributed by atoms with Gasteiger partial charge in [-0.3, -0.25) is 14.9 Å². The second-order valence-corrected chi connectivity index (χ2v) is 4.93. The van der Waals surface area contributed by atoms with E-state index < -0.39 is 4.92 Å². The van der Waals surface area contributed by atoms with Crippen LogP contribution in [0.15, 0.2) is 18.2 Å². The number of hydrogen-bond donors (Lipinski definition) is 1. The number of amides is 1. The Kier molecular flexibility index (Phi) is 5.64. The third-order valence-corrected chi connectivity index (χ3v) is 3.09. The van der Waals surface area contributed by atoms with E-state index >= 15 is 0 Å². The van der Waals surface area contributed by atoms with Gasteiger partial charge in [-0.25, -0.2) is 0 Å². The van der Waals surface area contributed by atoms with Crippen molar-refractivity contribution in [3.05, 3.63) is 39.4 Å². The minimum atomic E-state index is -0.479. The van der Waals surface area contributed by atoms with Gasteiger partial charge in [-0.2, -0.15) is 0 Å². The van der Waals surface area contributed by atoms with E-state index in [0.29, 0.717) is 24.1 Å². The third-order valence-electron chi connectivity index (χ3n) is 3.09. The van der Waals surface area contributed by atoms with Crippen LogP contribution in [0.2, 0.25) is 0 Å². The van der Waals surface area contributed by atoms with E-state index in [2.05, 4.69) is 0 Å². The van der Waals surface area contributed by atoms with Crippen LogP contribution in [0.25, 0.3) is 0 Å². The van der Waals surface area contributed by atoms with Crippen LogP contribution in [-0.2, 0) is 0 Å². The van der Waals surface area contributed by atoms with Crippen molar-refractivity contribution in [3.63, 3.8) is 0 Å². The lowest BCUT2D eigenvalue weighted by molar-refractivity contribution is -0.384. The Balaban J connectivity index is 3.03. The van der Waals surface area contributed by atoms with Crippen molar-refractivity contribution in [2.75, 3.05) is 13.2 Å². The highest BCUT2D eigenvalue weighted by Crippen LogP contribution is 2.19. The summed E-state index contributed by atoms with van der Waals surface area (Å²) in [6.45, 7) is 5.97. The van der Waals surface area contributed by atoms with Crippen LogP contribution in [0.1, 0.15) is 36.2 Å². The molecule has 6 heteroatoms. The molecule has 0 atom stereocenters. The molecule has 0 radical (unpaired) electrons. The van der Waals surface area contributed by atoms with Gasteiger partial charge in [0.05, 0.1) is 4.92 Å². The number of aliphatic hydroxyl groups excluding tert-OH is 1. The molecule has 0 aliphatic rings. The molecule has 0 bridgehead atoms. The van der Waals surface area contributed by atoms with Gasteiger partial charge in [0.25, 0.3) is 11.6 Å². The highest BCUT2D eigenvalue weighted by Gasteiger charge is 2.21. The molecule has 1 aromatic rings. The van der Waals surface area contributed by atoms with Crippen LogP contribution >= 0.6 is 0 Å². The van der Waals surface area contributed by atoms with Crippen LogP contribution in [0.4, 0.5) is 5.69 Å². The van der Waals surface area contributed by atoms with Gasteiger partial charge in [-0.15, -0.1) is 0 Å². The largest absolute Gasteiger partial charge is 0.396 e. The van der Waals surface area contributed by atoms with Gasteiger partial charge in [-0.1, -0.05) is 0 Å². The first-order valence-corrected chi connectivity index (χ1v) is 6.55. The summed E-state index contributed by atoms with van der Waals surface area (Å²) in [6.07, 6.45) is 0.510. The highest BCUT2D eigenvalue weighted by molar-refractivity contribution is 5.96.